The monoisotopic (exact) mass is 381 g/mol. The number of carbonyl (C=O) groups excluding carboxylic acids is 3. The third-order valence-corrected chi connectivity index (χ3v) is 5.33. The molecule has 2 aliphatic rings. The van der Waals surface area contributed by atoms with Crippen molar-refractivity contribution in [3.63, 3.8) is 0 Å². The number of nitrogens with one attached hydrogen (secondary N) is 2. The van der Waals surface area contributed by atoms with Crippen LogP contribution in [-0.4, -0.2) is 54.1 Å². The average Bonchev–Trinajstić information content (AvgIpc) is 2.61. The Hall–Kier alpha value is -1.79. The Morgan fingerprint density at radius 2 is 1.44 bits per heavy atom. The molecule has 27 heavy (non-hydrogen) atoms. The van der Waals surface area contributed by atoms with Crippen LogP contribution in [0.2, 0.25) is 0 Å². The van der Waals surface area contributed by atoms with Crippen molar-refractivity contribution in [3.05, 3.63) is 0 Å². The van der Waals surface area contributed by atoms with E-state index in [9.17, 15) is 14.4 Å². The zero-order valence-electron chi connectivity index (χ0n) is 17.2. The Kier molecular flexibility index (Phi) is 7.50. The number of hydrogen-bond donors (Lipinski definition) is 2. The molecule has 2 fully saturated rings. The molecule has 7 heteroatoms. The summed E-state index contributed by atoms with van der Waals surface area (Å²) in [6.07, 6.45) is 4.30. The summed E-state index contributed by atoms with van der Waals surface area (Å²) in [5, 5.41) is 6.18. The van der Waals surface area contributed by atoms with Gasteiger partial charge in [0.2, 0.25) is 11.8 Å². The van der Waals surface area contributed by atoms with Gasteiger partial charge in [0, 0.05) is 36.5 Å². The van der Waals surface area contributed by atoms with Crippen LogP contribution < -0.4 is 10.6 Å². The number of nitrogens with zero attached hydrogens (tertiary/aromatic N) is 1. The number of amides is 3. The van der Waals surface area contributed by atoms with E-state index in [0.717, 1.165) is 38.5 Å². The van der Waals surface area contributed by atoms with Crippen LogP contribution >= 0.6 is 0 Å². The minimum Gasteiger partial charge on any atom is -0.450 e. The van der Waals surface area contributed by atoms with Crippen molar-refractivity contribution in [2.75, 3.05) is 19.7 Å². The second-order valence-corrected chi connectivity index (χ2v) is 8.76. The standard InChI is InChI=1S/C20H35N3O4/c1-5-27-19(26)23-12-10-16(11-13-23)21-17(24)14-6-8-15(9-7-14)18(25)22-20(2,3)4/h14-16H,5-13H2,1-4H3,(H,21,24)(H,22,25). The number of hydrogen-bond acceptors (Lipinski definition) is 4. The first-order valence-corrected chi connectivity index (χ1v) is 10.2. The van der Waals surface area contributed by atoms with E-state index >= 15 is 0 Å². The highest BCUT2D eigenvalue weighted by Crippen LogP contribution is 2.30. The molecule has 154 valence electrons. The number of rotatable bonds is 4. The van der Waals surface area contributed by atoms with Gasteiger partial charge in [0.25, 0.3) is 0 Å². The van der Waals surface area contributed by atoms with Gasteiger partial charge < -0.3 is 20.3 Å². The summed E-state index contributed by atoms with van der Waals surface area (Å²) in [6.45, 7) is 9.36. The van der Waals surface area contributed by atoms with E-state index < -0.39 is 0 Å². The van der Waals surface area contributed by atoms with Crippen LogP contribution in [0.3, 0.4) is 0 Å². The van der Waals surface area contributed by atoms with Crippen molar-refractivity contribution in [1.82, 2.24) is 15.5 Å². The quantitative estimate of drug-likeness (QED) is 0.783. The highest BCUT2D eigenvalue weighted by Gasteiger charge is 2.32. The van der Waals surface area contributed by atoms with Crippen molar-refractivity contribution >= 4 is 17.9 Å². The first kappa shape index (κ1) is 21.5. The Morgan fingerprint density at radius 3 is 1.93 bits per heavy atom. The molecule has 0 unspecified atom stereocenters. The number of carbonyl (C=O) groups is 3. The van der Waals surface area contributed by atoms with Crippen LogP contribution in [0.1, 0.15) is 66.2 Å². The number of ether oxygens (including phenoxy) is 1. The van der Waals surface area contributed by atoms with Gasteiger partial charge >= 0.3 is 6.09 Å². The fourth-order valence-electron chi connectivity index (χ4n) is 3.83. The van der Waals surface area contributed by atoms with Gasteiger partial charge in [-0.05, 0) is 66.2 Å². The molecule has 2 rings (SSSR count). The van der Waals surface area contributed by atoms with Crippen molar-refractivity contribution in [1.29, 1.82) is 0 Å². The molecule has 1 aliphatic heterocycles. The molecule has 1 aliphatic carbocycles. The highest BCUT2D eigenvalue weighted by atomic mass is 16.6. The summed E-state index contributed by atoms with van der Waals surface area (Å²) in [6, 6.07) is 0.116. The Morgan fingerprint density at radius 1 is 0.926 bits per heavy atom. The van der Waals surface area contributed by atoms with Gasteiger partial charge in [0.05, 0.1) is 6.61 Å². The van der Waals surface area contributed by atoms with E-state index in [2.05, 4.69) is 10.6 Å². The van der Waals surface area contributed by atoms with E-state index in [4.69, 9.17) is 4.74 Å². The maximum Gasteiger partial charge on any atom is 0.409 e. The SMILES string of the molecule is CCOC(=O)N1CCC(NC(=O)C2CCC(C(=O)NC(C)(C)C)CC2)CC1. The van der Waals surface area contributed by atoms with Crippen LogP contribution in [0.15, 0.2) is 0 Å². The molecule has 1 heterocycles. The predicted molar refractivity (Wildman–Crippen MR) is 103 cm³/mol. The van der Waals surface area contributed by atoms with Gasteiger partial charge in [-0.3, -0.25) is 9.59 Å². The molecule has 3 amide bonds. The van der Waals surface area contributed by atoms with Crippen LogP contribution in [0.5, 0.6) is 0 Å². The fourth-order valence-corrected chi connectivity index (χ4v) is 3.83. The zero-order chi connectivity index (χ0) is 20.0. The largest absolute Gasteiger partial charge is 0.450 e. The zero-order valence-corrected chi connectivity index (χ0v) is 17.2. The molecule has 7 nitrogen and oxygen atoms in total. The topological polar surface area (TPSA) is 87.7 Å². The lowest BCUT2D eigenvalue weighted by atomic mass is 9.80. The minimum atomic E-state index is -0.269. The molecule has 0 aromatic rings. The normalized spacial score (nSPS) is 24.2. The van der Waals surface area contributed by atoms with E-state index in [1.807, 2.05) is 20.8 Å². The molecular formula is C20H35N3O4. The summed E-state index contributed by atoms with van der Waals surface area (Å²) in [5.74, 6) is 0.208. The van der Waals surface area contributed by atoms with Crippen LogP contribution in [0.25, 0.3) is 0 Å². The molecule has 0 bridgehead atoms. The summed E-state index contributed by atoms with van der Waals surface area (Å²) in [7, 11) is 0. The van der Waals surface area contributed by atoms with E-state index in [-0.39, 0.29) is 41.3 Å². The first-order chi connectivity index (χ1) is 12.7. The molecule has 2 N–H and O–H groups in total. The molecule has 0 radical (unpaired) electrons. The number of likely N-dealkylation sites (tertiary alicyclic amines) is 1. The van der Waals surface area contributed by atoms with Crippen LogP contribution in [-0.2, 0) is 14.3 Å². The Labute approximate surface area is 162 Å². The van der Waals surface area contributed by atoms with Crippen molar-refractivity contribution in [3.8, 4) is 0 Å². The molecular weight excluding hydrogens is 346 g/mol. The predicted octanol–water partition coefficient (Wildman–Crippen LogP) is 2.44. The van der Waals surface area contributed by atoms with Crippen LogP contribution in [0, 0.1) is 11.8 Å². The van der Waals surface area contributed by atoms with E-state index in [1.165, 1.54) is 0 Å². The maximum atomic E-state index is 12.6. The van der Waals surface area contributed by atoms with Gasteiger partial charge in [-0.15, -0.1) is 0 Å². The first-order valence-electron chi connectivity index (χ1n) is 10.2. The van der Waals surface area contributed by atoms with Gasteiger partial charge in [-0.2, -0.15) is 0 Å². The Balaban J connectivity index is 1.71. The van der Waals surface area contributed by atoms with Crippen molar-refractivity contribution < 1.29 is 19.1 Å². The molecule has 0 spiro atoms. The van der Waals surface area contributed by atoms with Gasteiger partial charge in [-0.1, -0.05) is 0 Å². The minimum absolute atomic E-state index is 0.00762. The van der Waals surface area contributed by atoms with Crippen molar-refractivity contribution in [2.45, 2.75) is 77.8 Å². The van der Waals surface area contributed by atoms with Gasteiger partial charge in [0.1, 0.15) is 0 Å². The third kappa shape index (κ3) is 6.70. The van der Waals surface area contributed by atoms with E-state index in [0.29, 0.717) is 19.7 Å². The van der Waals surface area contributed by atoms with Crippen LogP contribution in [0.4, 0.5) is 4.79 Å². The summed E-state index contributed by atoms with van der Waals surface area (Å²) in [4.78, 5) is 38.3. The van der Waals surface area contributed by atoms with Crippen molar-refractivity contribution in [2.24, 2.45) is 11.8 Å². The third-order valence-electron chi connectivity index (χ3n) is 5.33. The van der Waals surface area contributed by atoms with Gasteiger partial charge in [0.15, 0.2) is 0 Å². The lowest BCUT2D eigenvalue weighted by Crippen LogP contribution is -2.49. The lowest BCUT2D eigenvalue weighted by molar-refractivity contribution is -0.131. The fraction of sp³-hybridized carbons (Fsp3) is 0.850. The molecule has 0 atom stereocenters. The molecule has 1 saturated heterocycles. The average molecular weight is 382 g/mol. The second-order valence-electron chi connectivity index (χ2n) is 8.76. The Bertz CT molecular complexity index is 528. The smallest absolute Gasteiger partial charge is 0.409 e. The summed E-state index contributed by atoms with van der Waals surface area (Å²) < 4.78 is 5.02. The molecule has 1 saturated carbocycles. The second kappa shape index (κ2) is 9.42. The van der Waals surface area contributed by atoms with Gasteiger partial charge in [-0.25, -0.2) is 4.79 Å². The molecule has 0 aromatic heterocycles. The van der Waals surface area contributed by atoms with E-state index in [1.54, 1.807) is 11.8 Å². The highest BCUT2D eigenvalue weighted by molar-refractivity contribution is 5.81. The summed E-state index contributed by atoms with van der Waals surface area (Å²) in [5.41, 5.74) is -0.219. The maximum absolute atomic E-state index is 12.6. The number of piperidine rings is 1. The molecule has 0 aromatic carbocycles. The summed E-state index contributed by atoms with van der Waals surface area (Å²) >= 11 is 0. The lowest BCUT2D eigenvalue weighted by Gasteiger charge is -2.34.